The van der Waals surface area contributed by atoms with Gasteiger partial charge in [-0.2, -0.15) is 5.26 Å². The van der Waals surface area contributed by atoms with Crippen LogP contribution in [0.5, 0.6) is 0 Å². The summed E-state index contributed by atoms with van der Waals surface area (Å²) in [5.41, 5.74) is 4.91. The molecular formula is C7H9N3O2S. The zero-order chi connectivity index (χ0) is 10.3. The van der Waals surface area contributed by atoms with E-state index >= 15 is 0 Å². The van der Waals surface area contributed by atoms with Gasteiger partial charge in [-0.05, 0) is 19.1 Å². The van der Waals surface area contributed by atoms with Crippen LogP contribution in [0.1, 0.15) is 6.92 Å². The molecule has 70 valence electrons. The van der Waals surface area contributed by atoms with Gasteiger partial charge in [0.25, 0.3) is 0 Å². The van der Waals surface area contributed by atoms with Crippen LogP contribution in [-0.4, -0.2) is 17.7 Å². The van der Waals surface area contributed by atoms with Crippen molar-refractivity contribution in [2.24, 2.45) is 5.73 Å². The molecule has 0 unspecified atom stereocenters. The monoisotopic (exact) mass is 199 g/mol. The molecule has 0 aliphatic heterocycles. The predicted octanol–water partition coefficient (Wildman–Crippen LogP) is -0.210. The summed E-state index contributed by atoms with van der Waals surface area (Å²) >= 11 is 4.47. The molecule has 0 aromatic carbocycles. The van der Waals surface area contributed by atoms with Gasteiger partial charge in [-0.3, -0.25) is 0 Å². The summed E-state index contributed by atoms with van der Waals surface area (Å²) in [5, 5.41) is 10.8. The van der Waals surface area contributed by atoms with Crippen LogP contribution >= 0.6 is 12.2 Å². The van der Waals surface area contributed by atoms with E-state index < -0.39 is 5.97 Å². The molecule has 0 rings (SSSR count). The van der Waals surface area contributed by atoms with E-state index in [2.05, 4.69) is 22.3 Å². The number of carbonyl (C=O) groups excluding carboxylic acids is 1. The van der Waals surface area contributed by atoms with Crippen molar-refractivity contribution in [3.8, 4) is 6.07 Å². The topological polar surface area (TPSA) is 88.1 Å². The third-order valence-corrected chi connectivity index (χ3v) is 1.09. The maximum absolute atomic E-state index is 10.9. The largest absolute Gasteiger partial charge is 0.462 e. The molecule has 0 bridgehead atoms. The molecule has 13 heavy (non-hydrogen) atoms. The van der Waals surface area contributed by atoms with Gasteiger partial charge in [0.2, 0.25) is 0 Å². The zero-order valence-corrected chi connectivity index (χ0v) is 7.85. The van der Waals surface area contributed by atoms with Crippen LogP contribution in [0, 0.1) is 11.3 Å². The van der Waals surface area contributed by atoms with Crippen LogP contribution in [0.15, 0.2) is 11.8 Å². The quantitative estimate of drug-likeness (QED) is 0.283. The molecule has 6 heteroatoms. The summed E-state index contributed by atoms with van der Waals surface area (Å²) in [6, 6.07) is 1.65. The number of nitrogens with one attached hydrogen (secondary N) is 1. The highest BCUT2D eigenvalue weighted by molar-refractivity contribution is 7.80. The lowest BCUT2D eigenvalue weighted by molar-refractivity contribution is -0.138. The second kappa shape index (κ2) is 5.97. The van der Waals surface area contributed by atoms with Gasteiger partial charge < -0.3 is 15.8 Å². The molecule has 0 heterocycles. The Morgan fingerprint density at radius 2 is 2.46 bits per heavy atom. The molecule has 0 radical (unpaired) electrons. The van der Waals surface area contributed by atoms with Crippen LogP contribution in [0.3, 0.4) is 0 Å². The van der Waals surface area contributed by atoms with Crippen molar-refractivity contribution in [2.45, 2.75) is 6.92 Å². The smallest absolute Gasteiger partial charge is 0.350 e. The van der Waals surface area contributed by atoms with Gasteiger partial charge in [-0.1, -0.05) is 0 Å². The Morgan fingerprint density at radius 1 is 1.85 bits per heavy atom. The second-order valence-corrected chi connectivity index (χ2v) is 2.34. The molecule has 0 amide bonds. The second-order valence-electron chi connectivity index (χ2n) is 1.90. The number of thiocarbonyl (C=S) groups is 1. The molecule has 0 spiro atoms. The highest BCUT2D eigenvalue weighted by atomic mass is 32.1. The minimum atomic E-state index is -0.700. The lowest BCUT2D eigenvalue weighted by Gasteiger charge is -1.99. The number of nitrogens with two attached hydrogens (primary N) is 1. The van der Waals surface area contributed by atoms with Crippen LogP contribution < -0.4 is 11.1 Å². The van der Waals surface area contributed by atoms with Crippen molar-refractivity contribution in [1.29, 1.82) is 5.26 Å². The van der Waals surface area contributed by atoms with E-state index in [1.54, 1.807) is 13.0 Å². The minimum Gasteiger partial charge on any atom is -0.462 e. The Balaban J connectivity index is 4.34. The lowest BCUT2D eigenvalue weighted by atomic mass is 10.3. The molecule has 0 saturated carbocycles. The molecule has 0 aromatic heterocycles. The fourth-order valence-electron chi connectivity index (χ4n) is 0.489. The Morgan fingerprint density at radius 3 is 2.85 bits per heavy atom. The Bertz CT molecular complexity index is 280. The summed E-state index contributed by atoms with van der Waals surface area (Å²) < 4.78 is 4.57. The molecule has 0 aromatic rings. The van der Waals surface area contributed by atoms with Gasteiger partial charge in [-0.15, -0.1) is 0 Å². The van der Waals surface area contributed by atoms with Gasteiger partial charge in [0.15, 0.2) is 10.7 Å². The highest BCUT2D eigenvalue weighted by Gasteiger charge is 2.08. The fourth-order valence-corrected chi connectivity index (χ4v) is 0.548. The third-order valence-electron chi connectivity index (χ3n) is 0.975. The summed E-state index contributed by atoms with van der Waals surface area (Å²) in [6.45, 7) is 1.86. The van der Waals surface area contributed by atoms with E-state index in [1.807, 2.05) is 0 Å². The van der Waals surface area contributed by atoms with E-state index in [9.17, 15) is 4.79 Å². The van der Waals surface area contributed by atoms with E-state index in [4.69, 9.17) is 11.0 Å². The lowest BCUT2D eigenvalue weighted by Crippen LogP contribution is -2.25. The van der Waals surface area contributed by atoms with Gasteiger partial charge in [0.1, 0.15) is 6.07 Å². The molecule has 0 aliphatic carbocycles. The number of carbonyl (C=O) groups is 1. The van der Waals surface area contributed by atoms with Crippen molar-refractivity contribution in [1.82, 2.24) is 5.32 Å². The summed E-state index contributed by atoms with van der Waals surface area (Å²) in [7, 11) is 0. The minimum absolute atomic E-state index is 0.0166. The first kappa shape index (κ1) is 11.4. The fraction of sp³-hybridized carbons (Fsp3) is 0.286. The van der Waals surface area contributed by atoms with Crippen molar-refractivity contribution >= 4 is 23.3 Å². The number of rotatable bonds is 3. The van der Waals surface area contributed by atoms with Crippen molar-refractivity contribution in [3.05, 3.63) is 11.8 Å². The first-order chi connectivity index (χ1) is 6.11. The first-order valence-corrected chi connectivity index (χ1v) is 3.86. The molecule has 0 atom stereocenters. The van der Waals surface area contributed by atoms with Gasteiger partial charge >= 0.3 is 5.97 Å². The van der Waals surface area contributed by atoms with Crippen molar-refractivity contribution in [3.63, 3.8) is 0 Å². The Hall–Kier alpha value is -1.61. The summed E-state index contributed by atoms with van der Waals surface area (Å²) in [6.07, 6.45) is 1.11. The Kier molecular flexibility index (Phi) is 5.23. The van der Waals surface area contributed by atoms with E-state index in [1.165, 1.54) is 0 Å². The Labute approximate surface area is 81.2 Å². The number of ether oxygens (including phenoxy) is 1. The van der Waals surface area contributed by atoms with Crippen LogP contribution in [0.2, 0.25) is 0 Å². The van der Waals surface area contributed by atoms with E-state index in [0.29, 0.717) is 0 Å². The molecule has 0 aliphatic rings. The van der Waals surface area contributed by atoms with Crippen molar-refractivity contribution in [2.75, 3.05) is 6.61 Å². The molecule has 3 N–H and O–H groups in total. The number of hydrogen-bond donors (Lipinski definition) is 2. The predicted molar refractivity (Wildman–Crippen MR) is 50.3 cm³/mol. The maximum Gasteiger partial charge on any atom is 0.350 e. The average molecular weight is 199 g/mol. The molecule has 5 nitrogen and oxygen atoms in total. The number of esters is 1. The van der Waals surface area contributed by atoms with Crippen LogP contribution in [0.4, 0.5) is 0 Å². The standard InChI is InChI=1S/C7H9N3O2S/c1-2-12-6(11)5(3-8)4-10-7(9)13/h4H,2H2,1H3,(H3,9,10,13)/b5-4-. The third kappa shape index (κ3) is 4.76. The average Bonchev–Trinajstić information content (AvgIpc) is 2.05. The van der Waals surface area contributed by atoms with Crippen LogP contribution in [-0.2, 0) is 9.53 Å². The maximum atomic E-state index is 10.9. The van der Waals surface area contributed by atoms with Gasteiger partial charge in [0, 0.05) is 6.20 Å². The number of nitriles is 1. The highest BCUT2D eigenvalue weighted by Crippen LogP contribution is 1.94. The normalized spacial score (nSPS) is 10.0. The van der Waals surface area contributed by atoms with Gasteiger partial charge in [-0.25, -0.2) is 4.79 Å². The summed E-state index contributed by atoms with van der Waals surface area (Å²) in [5.74, 6) is -0.700. The molecule has 0 saturated heterocycles. The van der Waals surface area contributed by atoms with Crippen LogP contribution in [0.25, 0.3) is 0 Å². The van der Waals surface area contributed by atoms with Crippen molar-refractivity contribution < 1.29 is 9.53 Å². The summed E-state index contributed by atoms with van der Waals surface area (Å²) in [4.78, 5) is 10.9. The molecule has 0 fully saturated rings. The first-order valence-electron chi connectivity index (χ1n) is 3.45. The van der Waals surface area contributed by atoms with Gasteiger partial charge in [0.05, 0.1) is 6.61 Å². The van der Waals surface area contributed by atoms with E-state index in [0.717, 1.165) is 6.20 Å². The number of nitrogens with zero attached hydrogens (tertiary/aromatic N) is 1. The molecular weight excluding hydrogens is 190 g/mol. The number of hydrogen-bond acceptors (Lipinski definition) is 4. The zero-order valence-electron chi connectivity index (χ0n) is 7.03. The SMILES string of the molecule is CCOC(=O)/C(C#N)=C\NC(N)=S. The van der Waals surface area contributed by atoms with E-state index in [-0.39, 0.29) is 17.3 Å².